The summed E-state index contributed by atoms with van der Waals surface area (Å²) in [5.74, 6) is -0.270. The van der Waals surface area contributed by atoms with Crippen molar-refractivity contribution in [2.45, 2.75) is 46.6 Å². The van der Waals surface area contributed by atoms with E-state index < -0.39 is 5.41 Å². The molecule has 0 radical (unpaired) electrons. The van der Waals surface area contributed by atoms with E-state index in [1.165, 1.54) is 0 Å². The fourth-order valence-corrected chi connectivity index (χ4v) is 2.10. The first-order chi connectivity index (χ1) is 8.41. The molecular weight excluding hydrogens is 234 g/mol. The van der Waals surface area contributed by atoms with Crippen molar-refractivity contribution in [2.24, 2.45) is 16.3 Å². The number of aliphatic hydroxyl groups excluding tert-OH is 1. The smallest absolute Gasteiger partial charge is 0.236 e. The number of rotatable bonds is 7. The van der Waals surface area contributed by atoms with Gasteiger partial charge in [0.1, 0.15) is 5.41 Å². The Bertz CT molecular complexity index is 299. The number of hydrogen-bond donors (Lipinski definition) is 3. The number of nitrogens with zero attached hydrogens (tertiary/aromatic N) is 2. The summed E-state index contributed by atoms with van der Waals surface area (Å²) in [6, 6.07) is -0.0476. The second-order valence-electron chi connectivity index (χ2n) is 4.59. The highest BCUT2D eigenvalue weighted by atomic mass is 16.4. The van der Waals surface area contributed by atoms with Crippen molar-refractivity contribution < 1.29 is 15.1 Å². The molecule has 1 amide bonds. The van der Waals surface area contributed by atoms with Crippen LogP contribution >= 0.6 is 0 Å². The summed E-state index contributed by atoms with van der Waals surface area (Å²) in [7, 11) is 0. The fraction of sp³-hybridized carbons (Fsp3) is 0.833. The summed E-state index contributed by atoms with van der Waals surface area (Å²) in [5, 5.41) is 20.9. The molecule has 6 nitrogen and oxygen atoms in total. The van der Waals surface area contributed by atoms with Gasteiger partial charge in [-0.05, 0) is 26.7 Å². The van der Waals surface area contributed by atoms with Gasteiger partial charge in [0.05, 0.1) is 6.61 Å². The largest absolute Gasteiger partial charge is 0.409 e. The Balaban J connectivity index is 5.42. The zero-order chi connectivity index (χ0) is 14.3. The van der Waals surface area contributed by atoms with Crippen LogP contribution in [0.4, 0.5) is 0 Å². The van der Waals surface area contributed by atoms with Crippen LogP contribution in [-0.4, -0.2) is 46.1 Å². The van der Waals surface area contributed by atoms with Crippen LogP contribution in [0.3, 0.4) is 0 Å². The zero-order valence-electron chi connectivity index (χ0n) is 11.7. The molecule has 0 rings (SSSR count). The minimum Gasteiger partial charge on any atom is -0.409 e. The Morgan fingerprint density at radius 1 is 1.39 bits per heavy atom. The van der Waals surface area contributed by atoms with Gasteiger partial charge in [-0.1, -0.05) is 19.0 Å². The molecule has 0 saturated heterocycles. The van der Waals surface area contributed by atoms with Gasteiger partial charge in [0.25, 0.3) is 0 Å². The first-order valence-corrected chi connectivity index (χ1v) is 6.31. The second-order valence-corrected chi connectivity index (χ2v) is 4.59. The molecule has 0 spiro atoms. The van der Waals surface area contributed by atoms with Gasteiger partial charge < -0.3 is 20.9 Å². The summed E-state index contributed by atoms with van der Waals surface area (Å²) >= 11 is 0. The molecule has 0 atom stereocenters. The molecule has 0 aromatic rings. The topological polar surface area (TPSA) is 99.2 Å². The maximum atomic E-state index is 12.6. The summed E-state index contributed by atoms with van der Waals surface area (Å²) in [6.07, 6.45) is 0.903. The van der Waals surface area contributed by atoms with Crippen LogP contribution in [0, 0.1) is 5.41 Å². The first kappa shape index (κ1) is 16.7. The molecule has 0 bridgehead atoms. The van der Waals surface area contributed by atoms with Crippen molar-refractivity contribution in [1.29, 1.82) is 0 Å². The number of carbonyl (C=O) groups is 1. The molecule has 0 aliphatic carbocycles. The van der Waals surface area contributed by atoms with Gasteiger partial charge in [-0.15, -0.1) is 0 Å². The Hall–Kier alpha value is -1.30. The molecule has 0 aliphatic rings. The van der Waals surface area contributed by atoms with E-state index >= 15 is 0 Å². The molecule has 0 unspecified atom stereocenters. The summed E-state index contributed by atoms with van der Waals surface area (Å²) in [4.78, 5) is 14.2. The highest BCUT2D eigenvalue weighted by Crippen LogP contribution is 2.30. The summed E-state index contributed by atoms with van der Waals surface area (Å²) < 4.78 is 0. The lowest BCUT2D eigenvalue weighted by Crippen LogP contribution is -2.53. The summed E-state index contributed by atoms with van der Waals surface area (Å²) in [6.45, 7) is 7.54. The summed E-state index contributed by atoms with van der Waals surface area (Å²) in [5.41, 5.74) is 4.71. The van der Waals surface area contributed by atoms with Gasteiger partial charge in [-0.3, -0.25) is 4.79 Å². The molecule has 0 fully saturated rings. The molecule has 18 heavy (non-hydrogen) atoms. The highest BCUT2D eigenvalue weighted by molar-refractivity contribution is 6.06. The van der Waals surface area contributed by atoms with Crippen LogP contribution in [-0.2, 0) is 4.79 Å². The molecule has 0 aromatic heterocycles. The number of aliphatic hydroxyl groups is 1. The minimum absolute atomic E-state index is 0.0476. The van der Waals surface area contributed by atoms with Gasteiger partial charge in [-0.2, -0.15) is 0 Å². The van der Waals surface area contributed by atoms with Crippen molar-refractivity contribution in [2.75, 3.05) is 13.2 Å². The fourth-order valence-electron chi connectivity index (χ4n) is 2.10. The number of hydrogen-bond acceptors (Lipinski definition) is 4. The lowest BCUT2D eigenvalue weighted by Gasteiger charge is -2.36. The standard InChI is InChI=1S/C12H25N3O3/c1-5-12(6-2,10(13)14-18)11(17)15(7-8-16)9(3)4/h9,16,18H,5-8H2,1-4H3,(H2,13,14). The lowest BCUT2D eigenvalue weighted by atomic mass is 9.79. The third kappa shape index (κ3) is 3.13. The van der Waals surface area contributed by atoms with Crippen molar-refractivity contribution in [3.63, 3.8) is 0 Å². The van der Waals surface area contributed by atoms with Crippen molar-refractivity contribution >= 4 is 11.7 Å². The number of oxime groups is 1. The van der Waals surface area contributed by atoms with E-state index in [1.807, 2.05) is 27.7 Å². The normalized spacial score (nSPS) is 12.9. The maximum Gasteiger partial charge on any atom is 0.236 e. The average molecular weight is 259 g/mol. The molecule has 4 N–H and O–H groups in total. The maximum absolute atomic E-state index is 12.6. The van der Waals surface area contributed by atoms with E-state index in [2.05, 4.69) is 5.16 Å². The van der Waals surface area contributed by atoms with Gasteiger partial charge in [0.15, 0.2) is 5.84 Å². The number of carbonyl (C=O) groups excluding carboxylic acids is 1. The van der Waals surface area contributed by atoms with Crippen LogP contribution in [0.15, 0.2) is 5.16 Å². The Labute approximate surface area is 108 Å². The quantitative estimate of drug-likeness (QED) is 0.272. The minimum atomic E-state index is -0.992. The van der Waals surface area contributed by atoms with Gasteiger partial charge in [-0.25, -0.2) is 0 Å². The third-order valence-corrected chi connectivity index (χ3v) is 3.44. The number of nitrogens with two attached hydrogens (primary N) is 1. The highest BCUT2D eigenvalue weighted by Gasteiger charge is 2.42. The van der Waals surface area contributed by atoms with Crippen molar-refractivity contribution in [3.8, 4) is 0 Å². The van der Waals surface area contributed by atoms with Crippen LogP contribution < -0.4 is 5.73 Å². The van der Waals surface area contributed by atoms with E-state index in [0.717, 1.165) is 0 Å². The lowest BCUT2D eigenvalue weighted by molar-refractivity contribution is -0.141. The van der Waals surface area contributed by atoms with Crippen LogP contribution in [0.1, 0.15) is 40.5 Å². The Morgan fingerprint density at radius 2 is 1.89 bits per heavy atom. The molecule has 0 aromatic carbocycles. The van der Waals surface area contributed by atoms with Gasteiger partial charge in [0, 0.05) is 12.6 Å². The van der Waals surface area contributed by atoms with E-state index in [-0.39, 0.29) is 30.9 Å². The third-order valence-electron chi connectivity index (χ3n) is 3.44. The predicted molar refractivity (Wildman–Crippen MR) is 70.4 cm³/mol. The van der Waals surface area contributed by atoms with Crippen molar-refractivity contribution in [3.05, 3.63) is 0 Å². The van der Waals surface area contributed by atoms with Crippen LogP contribution in [0.2, 0.25) is 0 Å². The number of amidine groups is 1. The molecular formula is C12H25N3O3. The van der Waals surface area contributed by atoms with E-state index in [9.17, 15) is 4.79 Å². The van der Waals surface area contributed by atoms with E-state index in [1.54, 1.807) is 4.90 Å². The van der Waals surface area contributed by atoms with Gasteiger partial charge in [0.2, 0.25) is 5.91 Å². The number of amides is 1. The molecule has 106 valence electrons. The van der Waals surface area contributed by atoms with E-state index in [0.29, 0.717) is 12.8 Å². The molecule has 0 aliphatic heterocycles. The SMILES string of the molecule is CCC(CC)(C(=O)N(CCO)C(C)C)C(N)=NO. The molecule has 6 heteroatoms. The molecule has 0 heterocycles. The second kappa shape index (κ2) is 7.20. The van der Waals surface area contributed by atoms with Gasteiger partial charge >= 0.3 is 0 Å². The zero-order valence-corrected chi connectivity index (χ0v) is 11.7. The first-order valence-electron chi connectivity index (χ1n) is 6.31. The van der Waals surface area contributed by atoms with Crippen LogP contribution in [0.25, 0.3) is 0 Å². The van der Waals surface area contributed by atoms with Crippen molar-refractivity contribution in [1.82, 2.24) is 4.90 Å². The van der Waals surface area contributed by atoms with E-state index in [4.69, 9.17) is 16.0 Å². The van der Waals surface area contributed by atoms with Crippen LogP contribution in [0.5, 0.6) is 0 Å². The monoisotopic (exact) mass is 259 g/mol. The Kier molecular flexibility index (Phi) is 6.68. The predicted octanol–water partition coefficient (Wildman–Crippen LogP) is 0.769. The molecule has 0 saturated carbocycles. The Morgan fingerprint density at radius 3 is 2.17 bits per heavy atom. The average Bonchev–Trinajstić information content (AvgIpc) is 2.36.